The molecule has 2 aromatic rings. The molecule has 1 aromatic carbocycles. The van der Waals surface area contributed by atoms with Crippen LogP contribution in [0, 0.1) is 12.7 Å². The maximum absolute atomic E-state index is 14.2. The highest BCUT2D eigenvalue weighted by molar-refractivity contribution is 5.81. The molecule has 2 heterocycles. The van der Waals surface area contributed by atoms with Gasteiger partial charge in [0.2, 0.25) is 6.29 Å². The van der Waals surface area contributed by atoms with E-state index in [-0.39, 0.29) is 23.5 Å². The van der Waals surface area contributed by atoms with E-state index in [1.807, 2.05) is 0 Å². The number of ether oxygens (including phenoxy) is 2. The SMILES string of the molecule is Cc1cc(=O)oc2cc(O[C@@H]3CC(O)[C@H](O)/C(=C\O)O3)c(F)cc12. The third kappa shape index (κ3) is 2.93. The molecular formula is C16H15FO7. The van der Waals surface area contributed by atoms with Gasteiger partial charge in [0.15, 0.2) is 17.3 Å². The van der Waals surface area contributed by atoms with Crippen molar-refractivity contribution in [2.24, 2.45) is 0 Å². The molecule has 0 spiro atoms. The number of aliphatic hydroxyl groups is 3. The molecule has 3 N–H and O–H groups in total. The monoisotopic (exact) mass is 338 g/mol. The van der Waals surface area contributed by atoms with E-state index in [0.717, 1.165) is 0 Å². The number of aryl methyl sites for hydroxylation is 1. The van der Waals surface area contributed by atoms with Gasteiger partial charge in [0.25, 0.3) is 0 Å². The second-order valence-corrected chi connectivity index (χ2v) is 5.47. The average molecular weight is 338 g/mol. The summed E-state index contributed by atoms with van der Waals surface area (Å²) < 4.78 is 29.8. The van der Waals surface area contributed by atoms with Crippen LogP contribution in [0.25, 0.3) is 11.0 Å². The van der Waals surface area contributed by atoms with Gasteiger partial charge in [-0.15, -0.1) is 0 Å². The summed E-state index contributed by atoms with van der Waals surface area (Å²) in [4.78, 5) is 11.4. The smallest absolute Gasteiger partial charge is 0.336 e. The molecule has 1 unspecified atom stereocenters. The Balaban J connectivity index is 1.93. The number of rotatable bonds is 2. The zero-order valence-corrected chi connectivity index (χ0v) is 12.6. The fourth-order valence-electron chi connectivity index (χ4n) is 2.52. The summed E-state index contributed by atoms with van der Waals surface area (Å²) in [5.74, 6) is -1.25. The summed E-state index contributed by atoms with van der Waals surface area (Å²) in [5, 5.41) is 28.7. The van der Waals surface area contributed by atoms with Crippen LogP contribution in [0.15, 0.2) is 39.4 Å². The van der Waals surface area contributed by atoms with E-state index in [0.29, 0.717) is 17.2 Å². The fraction of sp³-hybridized carbons (Fsp3) is 0.312. The third-order valence-electron chi connectivity index (χ3n) is 3.75. The highest BCUT2D eigenvalue weighted by Gasteiger charge is 2.35. The van der Waals surface area contributed by atoms with E-state index in [2.05, 4.69) is 0 Å². The van der Waals surface area contributed by atoms with Crippen LogP contribution in [0.1, 0.15) is 12.0 Å². The minimum Gasteiger partial charge on any atom is -0.512 e. The summed E-state index contributed by atoms with van der Waals surface area (Å²) in [5.41, 5.74) is 0.130. The van der Waals surface area contributed by atoms with Crippen LogP contribution in [0.2, 0.25) is 0 Å². The van der Waals surface area contributed by atoms with Crippen molar-refractivity contribution in [1.29, 1.82) is 0 Å². The first-order valence-corrected chi connectivity index (χ1v) is 7.16. The van der Waals surface area contributed by atoms with Crippen molar-refractivity contribution in [2.45, 2.75) is 31.8 Å². The molecule has 0 amide bonds. The number of hydrogen-bond acceptors (Lipinski definition) is 7. The largest absolute Gasteiger partial charge is 0.512 e. The lowest BCUT2D eigenvalue weighted by Crippen LogP contribution is -2.42. The topological polar surface area (TPSA) is 109 Å². The standard InChI is InChI=1S/C16H15FO7/c1-7-2-14(20)22-11-5-12(9(17)3-8(7)11)23-15-4-10(19)16(21)13(6-18)24-15/h2-3,5-6,10,15-16,18-19,21H,4H2,1H3/b13-6+/t10?,15-,16-/m0/s1. The van der Waals surface area contributed by atoms with Crippen LogP contribution in [0.3, 0.4) is 0 Å². The zero-order valence-electron chi connectivity index (χ0n) is 12.6. The van der Waals surface area contributed by atoms with E-state index >= 15 is 0 Å². The highest BCUT2D eigenvalue weighted by Crippen LogP contribution is 2.30. The predicted molar refractivity (Wildman–Crippen MR) is 80.0 cm³/mol. The summed E-state index contributed by atoms with van der Waals surface area (Å²) in [6.45, 7) is 1.65. The van der Waals surface area contributed by atoms with E-state index < -0.39 is 29.9 Å². The molecule has 1 saturated heterocycles. The Labute approximate surface area is 135 Å². The molecule has 0 bridgehead atoms. The molecule has 7 nitrogen and oxygen atoms in total. The van der Waals surface area contributed by atoms with Crippen molar-refractivity contribution < 1.29 is 33.6 Å². The minimum absolute atomic E-state index is 0.144. The van der Waals surface area contributed by atoms with Gasteiger partial charge in [-0.25, -0.2) is 9.18 Å². The maximum Gasteiger partial charge on any atom is 0.336 e. The van der Waals surface area contributed by atoms with Crippen molar-refractivity contribution >= 4 is 11.0 Å². The summed E-state index contributed by atoms with van der Waals surface area (Å²) >= 11 is 0. The van der Waals surface area contributed by atoms with Crippen LogP contribution in [0.4, 0.5) is 4.39 Å². The van der Waals surface area contributed by atoms with Crippen LogP contribution in [-0.4, -0.2) is 33.8 Å². The molecule has 1 aromatic heterocycles. The fourth-order valence-corrected chi connectivity index (χ4v) is 2.52. The molecule has 1 fully saturated rings. The lowest BCUT2D eigenvalue weighted by Gasteiger charge is -2.32. The molecular weight excluding hydrogens is 323 g/mol. The van der Waals surface area contributed by atoms with Gasteiger partial charge >= 0.3 is 5.63 Å². The van der Waals surface area contributed by atoms with Gasteiger partial charge in [-0.2, -0.15) is 0 Å². The molecule has 0 radical (unpaired) electrons. The molecule has 0 saturated carbocycles. The Kier molecular flexibility index (Phi) is 4.16. The summed E-state index contributed by atoms with van der Waals surface area (Å²) in [6.07, 6.45) is -3.41. The molecule has 0 aliphatic carbocycles. The minimum atomic E-state index is -1.39. The van der Waals surface area contributed by atoms with Crippen LogP contribution < -0.4 is 10.4 Å². The van der Waals surface area contributed by atoms with Gasteiger partial charge in [0.05, 0.1) is 12.5 Å². The van der Waals surface area contributed by atoms with Gasteiger partial charge in [-0.05, 0) is 18.6 Å². The first-order chi connectivity index (χ1) is 11.4. The normalized spacial score (nSPS) is 25.7. The number of benzene rings is 1. The van der Waals surface area contributed by atoms with Crippen molar-refractivity contribution in [3.8, 4) is 5.75 Å². The molecule has 24 heavy (non-hydrogen) atoms. The molecule has 128 valence electrons. The second-order valence-electron chi connectivity index (χ2n) is 5.47. The van der Waals surface area contributed by atoms with E-state index in [1.54, 1.807) is 6.92 Å². The second kappa shape index (κ2) is 6.14. The number of fused-ring (bicyclic) bond motifs is 1. The maximum atomic E-state index is 14.2. The average Bonchev–Trinajstić information content (AvgIpc) is 2.52. The number of halogens is 1. The lowest BCUT2D eigenvalue weighted by molar-refractivity contribution is -0.148. The van der Waals surface area contributed by atoms with Crippen LogP contribution in [-0.2, 0) is 4.74 Å². The van der Waals surface area contributed by atoms with Gasteiger partial charge in [-0.3, -0.25) is 0 Å². The number of hydrogen-bond donors (Lipinski definition) is 3. The van der Waals surface area contributed by atoms with E-state index in [9.17, 15) is 19.4 Å². The van der Waals surface area contributed by atoms with Gasteiger partial charge < -0.3 is 29.2 Å². The van der Waals surface area contributed by atoms with Crippen molar-refractivity contribution in [2.75, 3.05) is 0 Å². The Bertz CT molecular complexity index is 857. The van der Waals surface area contributed by atoms with Crippen molar-refractivity contribution in [3.05, 3.63) is 52.0 Å². The van der Waals surface area contributed by atoms with Crippen molar-refractivity contribution in [3.63, 3.8) is 0 Å². The first-order valence-electron chi connectivity index (χ1n) is 7.16. The Morgan fingerprint density at radius 1 is 1.33 bits per heavy atom. The van der Waals surface area contributed by atoms with Crippen molar-refractivity contribution in [1.82, 2.24) is 0 Å². The van der Waals surface area contributed by atoms with Gasteiger partial charge in [0.1, 0.15) is 17.9 Å². The van der Waals surface area contributed by atoms with Gasteiger partial charge in [0, 0.05) is 17.5 Å². The van der Waals surface area contributed by atoms with E-state index in [4.69, 9.17) is 19.0 Å². The molecule has 3 rings (SSSR count). The molecule has 8 heteroatoms. The van der Waals surface area contributed by atoms with Crippen LogP contribution in [0.5, 0.6) is 5.75 Å². The summed E-state index contributed by atoms with van der Waals surface area (Å²) in [6, 6.07) is 3.63. The third-order valence-corrected chi connectivity index (χ3v) is 3.75. The Morgan fingerprint density at radius 3 is 2.79 bits per heavy atom. The Hall–Kier alpha value is -2.58. The highest BCUT2D eigenvalue weighted by atomic mass is 19.1. The Morgan fingerprint density at radius 2 is 2.08 bits per heavy atom. The number of aliphatic hydroxyl groups excluding tert-OH is 3. The predicted octanol–water partition coefficient (Wildman–Crippen LogP) is 1.49. The zero-order chi connectivity index (χ0) is 17.4. The quantitative estimate of drug-likeness (QED) is 0.562. The molecule has 1 aliphatic rings. The van der Waals surface area contributed by atoms with Gasteiger partial charge in [-0.1, -0.05) is 0 Å². The van der Waals surface area contributed by atoms with E-state index in [1.165, 1.54) is 18.2 Å². The lowest BCUT2D eigenvalue weighted by atomic mass is 10.1. The summed E-state index contributed by atoms with van der Waals surface area (Å²) in [7, 11) is 0. The first kappa shape index (κ1) is 16.3. The molecule has 1 aliphatic heterocycles. The molecule has 3 atom stereocenters. The van der Waals surface area contributed by atoms with Crippen LogP contribution >= 0.6 is 0 Å².